The van der Waals surface area contributed by atoms with Gasteiger partial charge in [-0.2, -0.15) is 0 Å². The fourth-order valence-electron chi connectivity index (χ4n) is 1.92. The number of para-hydroxylation sites is 1. The molecular formula is C17H13Cl2N3O3S. The summed E-state index contributed by atoms with van der Waals surface area (Å²) < 4.78 is 11.0. The number of anilines is 1. The largest absolute Gasteiger partial charge is 0.484 e. The number of amides is 1. The zero-order valence-corrected chi connectivity index (χ0v) is 15.6. The van der Waals surface area contributed by atoms with Crippen LogP contribution in [0.2, 0.25) is 10.0 Å². The van der Waals surface area contributed by atoms with E-state index in [4.69, 9.17) is 32.4 Å². The number of hydrogen-bond donors (Lipinski definition) is 1. The van der Waals surface area contributed by atoms with Crippen LogP contribution in [0.1, 0.15) is 5.89 Å². The van der Waals surface area contributed by atoms with Gasteiger partial charge in [0.1, 0.15) is 5.75 Å². The number of rotatable bonds is 7. The summed E-state index contributed by atoms with van der Waals surface area (Å²) in [5.41, 5.74) is 0.451. The Morgan fingerprint density at radius 1 is 1.15 bits per heavy atom. The molecule has 134 valence electrons. The van der Waals surface area contributed by atoms with Crippen LogP contribution in [0, 0.1) is 0 Å². The Morgan fingerprint density at radius 3 is 2.77 bits per heavy atom. The van der Waals surface area contributed by atoms with Crippen molar-refractivity contribution in [2.75, 3.05) is 11.1 Å². The third kappa shape index (κ3) is 5.39. The number of nitrogens with one attached hydrogen (secondary N) is 1. The monoisotopic (exact) mass is 409 g/mol. The van der Waals surface area contributed by atoms with Crippen molar-refractivity contribution in [1.82, 2.24) is 10.2 Å². The molecule has 0 aliphatic heterocycles. The Balaban J connectivity index is 1.48. The molecule has 0 saturated heterocycles. The van der Waals surface area contributed by atoms with Gasteiger partial charge in [-0.1, -0.05) is 53.2 Å². The lowest BCUT2D eigenvalue weighted by Crippen LogP contribution is -2.14. The first-order valence-electron chi connectivity index (χ1n) is 7.48. The highest BCUT2D eigenvalue weighted by atomic mass is 35.5. The highest BCUT2D eigenvalue weighted by Crippen LogP contribution is 2.26. The van der Waals surface area contributed by atoms with Crippen LogP contribution in [0.15, 0.2) is 58.2 Å². The molecule has 0 spiro atoms. The quantitative estimate of drug-likeness (QED) is 0.570. The number of ether oxygens (including phenoxy) is 1. The molecule has 3 rings (SSSR count). The second-order valence-electron chi connectivity index (χ2n) is 5.02. The van der Waals surface area contributed by atoms with Crippen LogP contribution in [0.3, 0.4) is 0 Å². The molecule has 0 bridgehead atoms. The summed E-state index contributed by atoms with van der Waals surface area (Å²) in [5, 5.41) is 11.6. The van der Waals surface area contributed by atoms with Crippen molar-refractivity contribution in [3.63, 3.8) is 0 Å². The van der Waals surface area contributed by atoms with E-state index >= 15 is 0 Å². The molecular weight excluding hydrogens is 397 g/mol. The third-order valence-corrected chi connectivity index (χ3v) is 4.47. The van der Waals surface area contributed by atoms with Crippen LogP contribution >= 0.6 is 35.0 Å². The lowest BCUT2D eigenvalue weighted by Gasteiger charge is -2.06. The lowest BCUT2D eigenvalue weighted by atomic mass is 10.3. The summed E-state index contributed by atoms with van der Waals surface area (Å²) in [4.78, 5) is 12.0. The normalized spacial score (nSPS) is 10.5. The van der Waals surface area contributed by atoms with E-state index in [1.165, 1.54) is 0 Å². The first-order chi connectivity index (χ1) is 12.6. The van der Waals surface area contributed by atoms with E-state index in [1.54, 1.807) is 18.2 Å². The predicted octanol–water partition coefficient (Wildman–Crippen LogP) is 4.69. The number of hydrogen-bond acceptors (Lipinski definition) is 6. The van der Waals surface area contributed by atoms with E-state index in [1.807, 2.05) is 30.3 Å². The van der Waals surface area contributed by atoms with E-state index in [-0.39, 0.29) is 23.5 Å². The van der Waals surface area contributed by atoms with E-state index in [0.717, 1.165) is 11.8 Å². The van der Waals surface area contributed by atoms with Gasteiger partial charge in [0.15, 0.2) is 6.61 Å². The van der Waals surface area contributed by atoms with Crippen LogP contribution in [0.25, 0.3) is 0 Å². The number of carbonyl (C=O) groups excluding carboxylic acids is 1. The molecule has 3 aromatic rings. The second-order valence-corrected chi connectivity index (χ2v) is 6.79. The molecule has 0 atom stereocenters. The molecule has 0 aliphatic carbocycles. The highest BCUT2D eigenvalue weighted by molar-refractivity contribution is 7.99. The first kappa shape index (κ1) is 18.6. The lowest BCUT2D eigenvalue weighted by molar-refractivity contribution is -0.113. The average molecular weight is 410 g/mol. The highest BCUT2D eigenvalue weighted by Gasteiger charge is 2.12. The standard InChI is InChI=1S/C17H13Cl2N3O3S/c18-11-6-7-13(19)14(8-11)20-15(23)10-26-17-22-21-16(25-17)9-24-12-4-2-1-3-5-12/h1-8H,9-10H2,(H,20,23). The van der Waals surface area contributed by atoms with Gasteiger partial charge in [-0.15, -0.1) is 10.2 Å². The fraction of sp³-hybridized carbons (Fsp3) is 0.118. The van der Waals surface area contributed by atoms with E-state index in [0.29, 0.717) is 27.4 Å². The minimum atomic E-state index is -0.264. The van der Waals surface area contributed by atoms with E-state index in [2.05, 4.69) is 15.5 Å². The topological polar surface area (TPSA) is 77.2 Å². The average Bonchev–Trinajstić information content (AvgIpc) is 3.10. The molecule has 6 nitrogen and oxygen atoms in total. The number of thioether (sulfide) groups is 1. The Labute approximate surface area is 163 Å². The van der Waals surface area contributed by atoms with Crippen molar-refractivity contribution >= 4 is 46.6 Å². The molecule has 0 fully saturated rings. The number of benzene rings is 2. The summed E-state index contributed by atoms with van der Waals surface area (Å²) in [5.74, 6) is 0.857. The van der Waals surface area contributed by atoms with Gasteiger partial charge in [-0.05, 0) is 30.3 Å². The van der Waals surface area contributed by atoms with Crippen LogP contribution in [-0.2, 0) is 11.4 Å². The number of halogens is 2. The molecule has 0 saturated carbocycles. The van der Waals surface area contributed by atoms with Gasteiger partial charge in [0, 0.05) is 5.02 Å². The molecule has 1 N–H and O–H groups in total. The number of aromatic nitrogens is 2. The van der Waals surface area contributed by atoms with Crippen molar-refractivity contribution in [1.29, 1.82) is 0 Å². The van der Waals surface area contributed by atoms with Crippen LogP contribution < -0.4 is 10.1 Å². The smallest absolute Gasteiger partial charge is 0.277 e. The van der Waals surface area contributed by atoms with Crippen molar-refractivity contribution in [3.8, 4) is 5.75 Å². The second kappa shape index (κ2) is 8.93. The molecule has 9 heteroatoms. The summed E-state index contributed by atoms with van der Waals surface area (Å²) in [6.45, 7) is 0.155. The minimum absolute atomic E-state index is 0.0873. The molecule has 1 amide bonds. The van der Waals surface area contributed by atoms with Crippen LogP contribution in [0.4, 0.5) is 5.69 Å². The van der Waals surface area contributed by atoms with Crippen molar-refractivity contribution < 1.29 is 13.9 Å². The third-order valence-electron chi connectivity index (χ3n) is 3.08. The van der Waals surface area contributed by atoms with E-state index in [9.17, 15) is 4.79 Å². The molecule has 1 heterocycles. The maximum atomic E-state index is 12.0. The van der Waals surface area contributed by atoms with Gasteiger partial charge in [0.05, 0.1) is 16.5 Å². The first-order valence-corrected chi connectivity index (χ1v) is 9.22. The Bertz CT molecular complexity index is 890. The van der Waals surface area contributed by atoms with Gasteiger partial charge in [0.2, 0.25) is 5.91 Å². The molecule has 0 unspecified atom stereocenters. The predicted molar refractivity (Wildman–Crippen MR) is 101 cm³/mol. The molecule has 2 aromatic carbocycles. The van der Waals surface area contributed by atoms with Crippen molar-refractivity contribution in [2.45, 2.75) is 11.8 Å². The number of nitrogens with zero attached hydrogens (tertiary/aromatic N) is 2. The van der Waals surface area contributed by atoms with Gasteiger partial charge in [-0.3, -0.25) is 4.79 Å². The van der Waals surface area contributed by atoms with Gasteiger partial charge >= 0.3 is 0 Å². The Kier molecular flexibility index (Phi) is 6.38. The van der Waals surface area contributed by atoms with Crippen LogP contribution in [-0.4, -0.2) is 21.9 Å². The molecule has 0 aliphatic rings. The SMILES string of the molecule is O=C(CSc1nnc(COc2ccccc2)o1)Nc1cc(Cl)ccc1Cl. The van der Waals surface area contributed by atoms with E-state index < -0.39 is 0 Å². The molecule has 1 aromatic heterocycles. The van der Waals surface area contributed by atoms with Gasteiger partial charge in [-0.25, -0.2) is 0 Å². The summed E-state index contributed by atoms with van der Waals surface area (Å²) in [6, 6.07) is 14.1. The number of carbonyl (C=O) groups is 1. The fourth-order valence-corrected chi connectivity index (χ4v) is 2.84. The zero-order valence-electron chi connectivity index (χ0n) is 13.3. The Hall–Kier alpha value is -2.22. The summed E-state index contributed by atoms with van der Waals surface area (Å²) >= 11 is 13.0. The maximum Gasteiger partial charge on any atom is 0.277 e. The Morgan fingerprint density at radius 2 is 1.96 bits per heavy atom. The summed E-state index contributed by atoms with van der Waals surface area (Å²) in [6.07, 6.45) is 0. The van der Waals surface area contributed by atoms with Gasteiger partial charge in [0.25, 0.3) is 11.1 Å². The van der Waals surface area contributed by atoms with Crippen molar-refractivity contribution in [2.24, 2.45) is 0 Å². The molecule has 26 heavy (non-hydrogen) atoms. The van der Waals surface area contributed by atoms with Gasteiger partial charge < -0.3 is 14.5 Å². The molecule has 0 radical (unpaired) electrons. The maximum absolute atomic E-state index is 12.0. The zero-order chi connectivity index (χ0) is 18.4. The van der Waals surface area contributed by atoms with Crippen molar-refractivity contribution in [3.05, 3.63) is 64.5 Å². The minimum Gasteiger partial charge on any atom is -0.484 e. The van der Waals surface area contributed by atoms with Crippen LogP contribution in [0.5, 0.6) is 5.75 Å². The summed E-state index contributed by atoms with van der Waals surface area (Å²) in [7, 11) is 0.